The molecule has 3 atom stereocenters. The lowest BCUT2D eigenvalue weighted by molar-refractivity contribution is -0.108. The summed E-state index contributed by atoms with van der Waals surface area (Å²) in [5.41, 5.74) is 1.59. The minimum absolute atomic E-state index is 0.108. The normalized spacial score (nSPS) is 30.3. The van der Waals surface area contributed by atoms with Gasteiger partial charge in [0.25, 0.3) is 0 Å². The largest absolute Gasteiger partial charge is 0.378 e. The molecule has 1 aromatic carbocycles. The third-order valence-corrected chi connectivity index (χ3v) is 5.93. The molecule has 0 bridgehead atoms. The summed E-state index contributed by atoms with van der Waals surface area (Å²) >= 11 is 0. The van der Waals surface area contributed by atoms with Crippen molar-refractivity contribution in [2.75, 3.05) is 17.4 Å². The zero-order valence-electron chi connectivity index (χ0n) is 12.7. The first-order chi connectivity index (χ1) is 11.0. The Balaban J connectivity index is 1.71. The summed E-state index contributed by atoms with van der Waals surface area (Å²) in [5, 5.41) is 13.0. The van der Waals surface area contributed by atoms with Crippen molar-refractivity contribution in [2.45, 2.75) is 31.5 Å². The van der Waals surface area contributed by atoms with Crippen molar-refractivity contribution in [1.29, 1.82) is 0 Å². The van der Waals surface area contributed by atoms with E-state index in [0.717, 1.165) is 31.4 Å². The van der Waals surface area contributed by atoms with Gasteiger partial charge in [-0.15, -0.1) is 0 Å². The molecular formula is C15H21N3O4S. The minimum atomic E-state index is -3.65. The smallest absolute Gasteiger partial charge is 0.302 e. The van der Waals surface area contributed by atoms with Crippen molar-refractivity contribution in [3.05, 3.63) is 29.8 Å². The zero-order valence-corrected chi connectivity index (χ0v) is 13.5. The van der Waals surface area contributed by atoms with Crippen LogP contribution in [0.2, 0.25) is 0 Å². The summed E-state index contributed by atoms with van der Waals surface area (Å²) in [5.74, 6) is 0.172. The standard InChI is InChI=1S/C15H21N3O4S/c19-10-13-9-18(23(21,22)17-13)14-5-3-11(4-6-14)8-12-2-1-7-16-15(12)20/h3-6,10,12-13,15-17,20H,1-2,7-9H2. The summed E-state index contributed by atoms with van der Waals surface area (Å²) in [7, 11) is -3.65. The predicted octanol–water partition coefficient (Wildman–Crippen LogP) is -0.231. The van der Waals surface area contributed by atoms with Gasteiger partial charge in [0.15, 0.2) is 0 Å². The Kier molecular flexibility index (Phi) is 4.67. The number of piperidine rings is 1. The number of carbonyl (C=O) groups is 1. The van der Waals surface area contributed by atoms with Crippen LogP contribution in [0.15, 0.2) is 24.3 Å². The molecule has 2 aliphatic heterocycles. The molecule has 8 heteroatoms. The first kappa shape index (κ1) is 16.4. The number of benzene rings is 1. The van der Waals surface area contributed by atoms with E-state index in [1.54, 1.807) is 12.1 Å². The maximum Gasteiger partial charge on any atom is 0.302 e. The molecule has 2 aliphatic rings. The van der Waals surface area contributed by atoms with Crippen molar-refractivity contribution >= 4 is 22.2 Å². The molecule has 0 amide bonds. The topological polar surface area (TPSA) is 98.7 Å². The van der Waals surface area contributed by atoms with Gasteiger partial charge in [-0.3, -0.25) is 9.62 Å². The highest BCUT2D eigenvalue weighted by atomic mass is 32.2. The van der Waals surface area contributed by atoms with Crippen LogP contribution in [0.5, 0.6) is 0 Å². The lowest BCUT2D eigenvalue weighted by Gasteiger charge is -2.28. The quantitative estimate of drug-likeness (QED) is 0.658. The van der Waals surface area contributed by atoms with Crippen LogP contribution < -0.4 is 14.3 Å². The van der Waals surface area contributed by atoms with Gasteiger partial charge >= 0.3 is 10.2 Å². The third kappa shape index (κ3) is 3.55. The van der Waals surface area contributed by atoms with E-state index >= 15 is 0 Å². The van der Waals surface area contributed by atoms with Crippen molar-refractivity contribution in [1.82, 2.24) is 10.0 Å². The molecule has 3 unspecified atom stereocenters. The van der Waals surface area contributed by atoms with Gasteiger partial charge in [-0.25, -0.2) is 0 Å². The molecule has 0 spiro atoms. The molecule has 2 heterocycles. The van der Waals surface area contributed by atoms with E-state index in [2.05, 4.69) is 10.0 Å². The molecule has 23 heavy (non-hydrogen) atoms. The summed E-state index contributed by atoms with van der Waals surface area (Å²) in [4.78, 5) is 10.8. The average Bonchev–Trinajstić information content (AvgIpc) is 2.85. The second-order valence-corrected chi connectivity index (χ2v) is 7.70. The maximum absolute atomic E-state index is 12.0. The molecule has 126 valence electrons. The summed E-state index contributed by atoms with van der Waals surface area (Å²) in [6.07, 6.45) is 2.88. The van der Waals surface area contributed by atoms with Crippen LogP contribution in [0.4, 0.5) is 5.69 Å². The second-order valence-electron chi connectivity index (χ2n) is 6.07. The molecule has 2 fully saturated rings. The number of nitrogens with one attached hydrogen (secondary N) is 2. The van der Waals surface area contributed by atoms with Gasteiger partial charge in [-0.2, -0.15) is 13.1 Å². The SMILES string of the molecule is O=CC1CN(c2ccc(CC3CCCNC3O)cc2)S(=O)(=O)N1. The summed E-state index contributed by atoms with van der Waals surface area (Å²) < 4.78 is 27.5. The fourth-order valence-corrected chi connectivity index (χ4v) is 4.53. The summed E-state index contributed by atoms with van der Waals surface area (Å²) in [6, 6.07) is 6.53. The number of anilines is 1. The van der Waals surface area contributed by atoms with E-state index in [0.29, 0.717) is 12.0 Å². The lowest BCUT2D eigenvalue weighted by Crippen LogP contribution is -2.41. The van der Waals surface area contributed by atoms with E-state index in [9.17, 15) is 18.3 Å². The summed E-state index contributed by atoms with van der Waals surface area (Å²) in [6.45, 7) is 0.949. The van der Waals surface area contributed by atoms with Crippen LogP contribution in [0.3, 0.4) is 0 Å². The van der Waals surface area contributed by atoms with Crippen molar-refractivity contribution in [3.63, 3.8) is 0 Å². The van der Waals surface area contributed by atoms with Crippen LogP contribution in [0, 0.1) is 5.92 Å². The highest BCUT2D eigenvalue weighted by Crippen LogP contribution is 2.25. The fraction of sp³-hybridized carbons (Fsp3) is 0.533. The van der Waals surface area contributed by atoms with Gasteiger partial charge in [0, 0.05) is 5.92 Å². The van der Waals surface area contributed by atoms with Crippen molar-refractivity contribution in [2.24, 2.45) is 5.92 Å². The molecule has 0 aliphatic carbocycles. The number of hydrogen-bond donors (Lipinski definition) is 3. The number of aldehydes is 1. The molecule has 0 saturated carbocycles. The number of aliphatic hydroxyl groups excluding tert-OH is 1. The van der Waals surface area contributed by atoms with Crippen molar-refractivity contribution < 1.29 is 18.3 Å². The third-order valence-electron chi connectivity index (χ3n) is 4.39. The van der Waals surface area contributed by atoms with Gasteiger partial charge in [0.2, 0.25) is 0 Å². The van der Waals surface area contributed by atoms with Crippen LogP contribution in [-0.2, 0) is 21.4 Å². The number of aliphatic hydroxyl groups is 1. The number of nitrogens with zero attached hydrogens (tertiary/aromatic N) is 1. The molecule has 7 nitrogen and oxygen atoms in total. The Bertz CT molecular complexity index is 662. The lowest BCUT2D eigenvalue weighted by atomic mass is 9.90. The van der Waals surface area contributed by atoms with E-state index in [1.807, 2.05) is 12.1 Å². The first-order valence-corrected chi connectivity index (χ1v) is 9.19. The maximum atomic E-state index is 12.0. The Morgan fingerprint density at radius 1 is 1.30 bits per heavy atom. The van der Waals surface area contributed by atoms with E-state index in [4.69, 9.17) is 0 Å². The van der Waals surface area contributed by atoms with Gasteiger partial charge in [0.1, 0.15) is 12.5 Å². The molecule has 3 N–H and O–H groups in total. The van der Waals surface area contributed by atoms with Gasteiger partial charge in [0.05, 0.1) is 18.3 Å². The number of carbonyl (C=O) groups excluding carboxylic acids is 1. The Hall–Kier alpha value is -1.48. The monoisotopic (exact) mass is 339 g/mol. The zero-order chi connectivity index (χ0) is 16.4. The van der Waals surface area contributed by atoms with Crippen molar-refractivity contribution in [3.8, 4) is 0 Å². The van der Waals surface area contributed by atoms with E-state index in [-0.39, 0.29) is 12.5 Å². The molecular weight excluding hydrogens is 318 g/mol. The number of rotatable bonds is 4. The first-order valence-electron chi connectivity index (χ1n) is 7.75. The second kappa shape index (κ2) is 6.56. The molecule has 0 radical (unpaired) electrons. The van der Waals surface area contributed by atoms with Crippen LogP contribution in [0.25, 0.3) is 0 Å². The Morgan fingerprint density at radius 2 is 2.04 bits per heavy atom. The number of hydrogen-bond acceptors (Lipinski definition) is 5. The average molecular weight is 339 g/mol. The van der Waals surface area contributed by atoms with Gasteiger partial charge in [-0.05, 0) is 43.5 Å². The van der Waals surface area contributed by atoms with Crippen LogP contribution in [-0.4, -0.2) is 45.2 Å². The highest BCUT2D eigenvalue weighted by molar-refractivity contribution is 7.91. The molecule has 3 rings (SSSR count). The van der Waals surface area contributed by atoms with Crippen LogP contribution >= 0.6 is 0 Å². The fourth-order valence-electron chi connectivity index (χ4n) is 3.14. The Morgan fingerprint density at radius 3 is 2.65 bits per heavy atom. The highest BCUT2D eigenvalue weighted by Gasteiger charge is 2.35. The van der Waals surface area contributed by atoms with Gasteiger partial charge < -0.3 is 9.90 Å². The van der Waals surface area contributed by atoms with Crippen LogP contribution in [0.1, 0.15) is 18.4 Å². The molecule has 2 saturated heterocycles. The predicted molar refractivity (Wildman–Crippen MR) is 86.1 cm³/mol. The minimum Gasteiger partial charge on any atom is -0.378 e. The Labute approximate surface area is 135 Å². The van der Waals surface area contributed by atoms with Gasteiger partial charge in [-0.1, -0.05) is 12.1 Å². The molecule has 1 aromatic rings. The van der Waals surface area contributed by atoms with E-state index < -0.39 is 22.5 Å². The molecule has 0 aromatic heterocycles. The van der Waals surface area contributed by atoms with E-state index in [1.165, 1.54) is 4.31 Å².